The summed E-state index contributed by atoms with van der Waals surface area (Å²) in [6.45, 7) is 5.52. The van der Waals surface area contributed by atoms with Crippen molar-refractivity contribution in [3.8, 4) is 11.5 Å². The van der Waals surface area contributed by atoms with Crippen LogP contribution in [0.2, 0.25) is 0 Å². The van der Waals surface area contributed by atoms with E-state index >= 15 is 0 Å². The highest BCUT2D eigenvalue weighted by Gasteiger charge is 2.13. The summed E-state index contributed by atoms with van der Waals surface area (Å²) in [6.07, 6.45) is 1.01. The lowest BCUT2D eigenvalue weighted by Crippen LogP contribution is -2.19. The molecule has 2 atom stereocenters. The van der Waals surface area contributed by atoms with E-state index in [1.807, 2.05) is 24.8 Å². The van der Waals surface area contributed by atoms with Gasteiger partial charge in [0, 0.05) is 16.2 Å². The molecule has 0 fully saturated rings. The Morgan fingerprint density at radius 1 is 1.24 bits per heavy atom. The summed E-state index contributed by atoms with van der Waals surface area (Å²) in [4.78, 5) is 1.21. The summed E-state index contributed by atoms with van der Waals surface area (Å²) in [5.74, 6) is 1.70. The van der Waals surface area contributed by atoms with E-state index in [4.69, 9.17) is 15.2 Å². The molecule has 0 saturated heterocycles. The summed E-state index contributed by atoms with van der Waals surface area (Å²) < 4.78 is 11.1. The second-order valence-electron chi connectivity index (χ2n) is 4.45. The van der Waals surface area contributed by atoms with Crippen LogP contribution in [0.1, 0.15) is 20.3 Å². The third-order valence-electron chi connectivity index (χ3n) is 2.55. The van der Waals surface area contributed by atoms with Crippen molar-refractivity contribution in [2.75, 3.05) is 13.2 Å². The number of nitrogens with two attached hydrogens (primary N) is 1. The summed E-state index contributed by atoms with van der Waals surface area (Å²) in [7, 11) is 0. The maximum Gasteiger partial charge on any atom is 0.162 e. The second kappa shape index (κ2) is 5.65. The Morgan fingerprint density at radius 2 is 1.94 bits per heavy atom. The average molecular weight is 253 g/mol. The minimum atomic E-state index is 0.245. The SMILES string of the molecule is CC(N)CC(C)Sc1ccc2c(c1)OCCO2. The van der Waals surface area contributed by atoms with Crippen LogP contribution in [0.15, 0.2) is 23.1 Å². The quantitative estimate of drug-likeness (QED) is 0.838. The Labute approximate surface area is 107 Å². The van der Waals surface area contributed by atoms with Crippen LogP contribution in [0.4, 0.5) is 0 Å². The van der Waals surface area contributed by atoms with Crippen LogP contribution in [0.3, 0.4) is 0 Å². The van der Waals surface area contributed by atoms with E-state index in [0.717, 1.165) is 17.9 Å². The first-order chi connectivity index (χ1) is 8.15. The number of hydrogen-bond donors (Lipinski definition) is 1. The molecule has 0 spiro atoms. The molecule has 1 aromatic rings. The van der Waals surface area contributed by atoms with Crippen molar-refractivity contribution in [1.82, 2.24) is 0 Å². The summed E-state index contributed by atoms with van der Waals surface area (Å²) in [5.41, 5.74) is 5.80. The van der Waals surface area contributed by atoms with Crippen LogP contribution in [-0.4, -0.2) is 24.5 Å². The van der Waals surface area contributed by atoms with Gasteiger partial charge in [-0.25, -0.2) is 0 Å². The van der Waals surface area contributed by atoms with Crippen molar-refractivity contribution in [3.05, 3.63) is 18.2 Å². The number of thioether (sulfide) groups is 1. The van der Waals surface area contributed by atoms with E-state index in [9.17, 15) is 0 Å². The van der Waals surface area contributed by atoms with Crippen molar-refractivity contribution in [1.29, 1.82) is 0 Å². The lowest BCUT2D eigenvalue weighted by atomic mass is 10.2. The number of hydrogen-bond acceptors (Lipinski definition) is 4. The van der Waals surface area contributed by atoms with E-state index in [1.165, 1.54) is 4.90 Å². The molecule has 0 amide bonds. The second-order valence-corrected chi connectivity index (χ2v) is 5.96. The summed E-state index contributed by atoms with van der Waals surface area (Å²) in [6, 6.07) is 6.36. The molecule has 3 nitrogen and oxygen atoms in total. The van der Waals surface area contributed by atoms with Gasteiger partial charge in [-0.05, 0) is 31.5 Å². The smallest absolute Gasteiger partial charge is 0.162 e. The normalized spacial score (nSPS) is 17.6. The molecule has 0 aromatic heterocycles. The first kappa shape index (κ1) is 12.6. The van der Waals surface area contributed by atoms with Gasteiger partial charge in [-0.15, -0.1) is 11.8 Å². The van der Waals surface area contributed by atoms with E-state index < -0.39 is 0 Å². The minimum Gasteiger partial charge on any atom is -0.486 e. The molecule has 2 rings (SSSR count). The van der Waals surface area contributed by atoms with Gasteiger partial charge in [0.25, 0.3) is 0 Å². The fraction of sp³-hybridized carbons (Fsp3) is 0.538. The standard InChI is InChI=1S/C13H19NO2S/c1-9(14)7-10(2)17-11-3-4-12-13(8-11)16-6-5-15-12/h3-4,8-10H,5-7,14H2,1-2H3. The van der Waals surface area contributed by atoms with E-state index in [0.29, 0.717) is 18.5 Å². The zero-order valence-corrected chi connectivity index (χ0v) is 11.1. The van der Waals surface area contributed by atoms with Crippen molar-refractivity contribution >= 4 is 11.8 Å². The Morgan fingerprint density at radius 3 is 2.65 bits per heavy atom. The maximum atomic E-state index is 5.80. The van der Waals surface area contributed by atoms with Gasteiger partial charge in [-0.2, -0.15) is 0 Å². The van der Waals surface area contributed by atoms with Crippen LogP contribution in [0.5, 0.6) is 11.5 Å². The van der Waals surface area contributed by atoms with Crippen LogP contribution >= 0.6 is 11.8 Å². The minimum absolute atomic E-state index is 0.245. The average Bonchev–Trinajstić information content (AvgIpc) is 2.27. The molecule has 94 valence electrons. The molecule has 0 bridgehead atoms. The van der Waals surface area contributed by atoms with Gasteiger partial charge in [-0.3, -0.25) is 0 Å². The Kier molecular flexibility index (Phi) is 4.18. The molecule has 0 saturated carbocycles. The third kappa shape index (κ3) is 3.54. The first-order valence-corrected chi connectivity index (χ1v) is 6.85. The van der Waals surface area contributed by atoms with E-state index in [-0.39, 0.29) is 6.04 Å². The molecule has 1 aliphatic rings. The molecule has 17 heavy (non-hydrogen) atoms. The van der Waals surface area contributed by atoms with E-state index in [2.05, 4.69) is 19.1 Å². The molecule has 1 aromatic carbocycles. The maximum absolute atomic E-state index is 5.80. The number of ether oxygens (including phenoxy) is 2. The summed E-state index contributed by atoms with van der Waals surface area (Å²) >= 11 is 1.83. The predicted molar refractivity (Wildman–Crippen MR) is 71.0 cm³/mol. The molecule has 2 N–H and O–H groups in total. The van der Waals surface area contributed by atoms with Crippen LogP contribution in [0.25, 0.3) is 0 Å². The van der Waals surface area contributed by atoms with Gasteiger partial charge in [0.1, 0.15) is 13.2 Å². The Bertz CT molecular complexity index is 382. The van der Waals surface area contributed by atoms with Crippen LogP contribution in [0, 0.1) is 0 Å². The highest BCUT2D eigenvalue weighted by Crippen LogP contribution is 2.36. The fourth-order valence-corrected chi connectivity index (χ4v) is 3.09. The predicted octanol–water partition coefficient (Wildman–Crippen LogP) is 2.68. The van der Waals surface area contributed by atoms with Gasteiger partial charge in [-0.1, -0.05) is 6.92 Å². The van der Waals surface area contributed by atoms with Gasteiger partial charge in [0.15, 0.2) is 11.5 Å². The fourth-order valence-electron chi connectivity index (χ4n) is 1.90. The molecule has 0 aliphatic carbocycles. The number of benzene rings is 1. The molecular weight excluding hydrogens is 234 g/mol. The van der Waals surface area contributed by atoms with Gasteiger partial charge >= 0.3 is 0 Å². The molecule has 2 unspecified atom stereocenters. The molecule has 1 heterocycles. The molecular formula is C13H19NO2S. The topological polar surface area (TPSA) is 44.5 Å². The van der Waals surface area contributed by atoms with Crippen LogP contribution in [-0.2, 0) is 0 Å². The van der Waals surface area contributed by atoms with Crippen molar-refractivity contribution in [2.45, 2.75) is 36.5 Å². The molecule has 4 heteroatoms. The van der Waals surface area contributed by atoms with Gasteiger partial charge in [0.05, 0.1) is 0 Å². The van der Waals surface area contributed by atoms with Crippen molar-refractivity contribution in [3.63, 3.8) is 0 Å². The Hall–Kier alpha value is -0.870. The molecule has 1 aliphatic heterocycles. The van der Waals surface area contributed by atoms with Crippen molar-refractivity contribution in [2.24, 2.45) is 5.73 Å². The highest BCUT2D eigenvalue weighted by atomic mass is 32.2. The lowest BCUT2D eigenvalue weighted by Gasteiger charge is -2.20. The first-order valence-electron chi connectivity index (χ1n) is 5.97. The lowest BCUT2D eigenvalue weighted by molar-refractivity contribution is 0.171. The largest absolute Gasteiger partial charge is 0.486 e. The van der Waals surface area contributed by atoms with E-state index in [1.54, 1.807) is 0 Å². The zero-order valence-electron chi connectivity index (χ0n) is 10.3. The number of rotatable bonds is 4. The van der Waals surface area contributed by atoms with Crippen LogP contribution < -0.4 is 15.2 Å². The van der Waals surface area contributed by atoms with Gasteiger partial charge in [0.2, 0.25) is 0 Å². The highest BCUT2D eigenvalue weighted by molar-refractivity contribution is 7.99. The summed E-state index contributed by atoms with van der Waals surface area (Å²) in [5, 5.41) is 0.512. The molecule has 0 radical (unpaired) electrons. The van der Waals surface area contributed by atoms with Crippen molar-refractivity contribution < 1.29 is 9.47 Å². The third-order valence-corrected chi connectivity index (χ3v) is 3.68. The monoisotopic (exact) mass is 253 g/mol. The Balaban J connectivity index is 2.01. The zero-order chi connectivity index (χ0) is 12.3. The number of fused-ring (bicyclic) bond motifs is 1. The van der Waals surface area contributed by atoms with Gasteiger partial charge < -0.3 is 15.2 Å².